The summed E-state index contributed by atoms with van der Waals surface area (Å²) in [6, 6.07) is 8.70. The van der Waals surface area contributed by atoms with Crippen LogP contribution in [0.25, 0.3) is 0 Å². The minimum absolute atomic E-state index is 0.216. The van der Waals surface area contributed by atoms with Crippen LogP contribution in [0.5, 0.6) is 0 Å². The zero-order chi connectivity index (χ0) is 14.7. The molecule has 2 saturated heterocycles. The zero-order valence-corrected chi connectivity index (χ0v) is 12.8. The van der Waals surface area contributed by atoms with Gasteiger partial charge >= 0.3 is 0 Å². The summed E-state index contributed by atoms with van der Waals surface area (Å²) in [6.07, 6.45) is 1.00. The van der Waals surface area contributed by atoms with Crippen LogP contribution in [0.4, 0.5) is 0 Å². The lowest BCUT2D eigenvalue weighted by molar-refractivity contribution is -0.136. The van der Waals surface area contributed by atoms with E-state index in [1.54, 1.807) is 0 Å². The molecule has 1 N–H and O–H groups in total. The Balaban J connectivity index is 1.49. The molecule has 1 atom stereocenters. The molecule has 2 aliphatic rings. The van der Waals surface area contributed by atoms with Crippen molar-refractivity contribution in [3.8, 4) is 0 Å². The molecule has 2 aliphatic heterocycles. The molecule has 0 saturated carbocycles. The molecule has 2 heterocycles. The quantitative estimate of drug-likeness (QED) is 0.909. The topological polar surface area (TPSA) is 35.6 Å². The number of nitrogens with zero attached hydrogens (tertiary/aromatic N) is 2. The maximum absolute atomic E-state index is 12.4. The van der Waals surface area contributed by atoms with E-state index in [0.29, 0.717) is 5.91 Å². The first-order valence-electron chi connectivity index (χ1n) is 8.00. The van der Waals surface area contributed by atoms with E-state index in [2.05, 4.69) is 46.3 Å². The first-order chi connectivity index (χ1) is 10.2. The predicted molar refractivity (Wildman–Crippen MR) is 84.0 cm³/mol. The van der Waals surface area contributed by atoms with Gasteiger partial charge in [0.2, 0.25) is 5.91 Å². The summed E-state index contributed by atoms with van der Waals surface area (Å²) < 4.78 is 0. The molecular formula is C17H25N3O. The first-order valence-corrected chi connectivity index (χ1v) is 8.00. The molecule has 0 radical (unpaired) electrons. The normalized spacial score (nSPS) is 23.5. The summed E-state index contributed by atoms with van der Waals surface area (Å²) in [5.74, 6) is 0.573. The molecule has 0 aromatic heterocycles. The third-order valence-corrected chi connectivity index (χ3v) is 4.58. The second-order valence-corrected chi connectivity index (χ2v) is 6.28. The van der Waals surface area contributed by atoms with Crippen molar-refractivity contribution in [1.82, 2.24) is 15.1 Å². The van der Waals surface area contributed by atoms with Gasteiger partial charge in [-0.05, 0) is 25.5 Å². The minimum atomic E-state index is 0.216. The highest BCUT2D eigenvalue weighted by Gasteiger charge is 2.29. The van der Waals surface area contributed by atoms with Gasteiger partial charge in [0.05, 0.1) is 5.92 Å². The average molecular weight is 287 g/mol. The molecule has 114 valence electrons. The summed E-state index contributed by atoms with van der Waals surface area (Å²) in [5.41, 5.74) is 2.69. The lowest BCUT2D eigenvalue weighted by atomic mass is 10.1. The van der Waals surface area contributed by atoms with E-state index in [9.17, 15) is 4.79 Å². The maximum Gasteiger partial charge on any atom is 0.227 e. The third-order valence-electron chi connectivity index (χ3n) is 4.58. The smallest absolute Gasteiger partial charge is 0.227 e. The molecule has 0 aliphatic carbocycles. The lowest BCUT2D eigenvalue weighted by Gasteiger charge is -2.36. The van der Waals surface area contributed by atoms with Crippen LogP contribution in [0.3, 0.4) is 0 Å². The van der Waals surface area contributed by atoms with Gasteiger partial charge in [0, 0.05) is 39.3 Å². The second-order valence-electron chi connectivity index (χ2n) is 6.28. The number of hydrogen-bond acceptors (Lipinski definition) is 3. The largest absolute Gasteiger partial charge is 0.340 e. The minimum Gasteiger partial charge on any atom is -0.340 e. The van der Waals surface area contributed by atoms with Gasteiger partial charge in [-0.15, -0.1) is 0 Å². The van der Waals surface area contributed by atoms with E-state index in [1.165, 1.54) is 11.1 Å². The van der Waals surface area contributed by atoms with Crippen LogP contribution in [-0.2, 0) is 11.3 Å². The number of rotatable bonds is 3. The van der Waals surface area contributed by atoms with Gasteiger partial charge in [-0.2, -0.15) is 0 Å². The molecule has 1 amide bonds. The fourth-order valence-corrected chi connectivity index (χ4v) is 3.32. The van der Waals surface area contributed by atoms with Gasteiger partial charge in [-0.1, -0.05) is 29.8 Å². The molecule has 0 spiro atoms. The van der Waals surface area contributed by atoms with Crippen LogP contribution in [0, 0.1) is 12.8 Å². The van der Waals surface area contributed by atoms with Crippen molar-refractivity contribution in [2.24, 2.45) is 5.92 Å². The Labute approximate surface area is 127 Å². The number of amides is 1. The molecule has 1 aromatic rings. The van der Waals surface area contributed by atoms with Gasteiger partial charge in [-0.25, -0.2) is 0 Å². The highest BCUT2D eigenvalue weighted by atomic mass is 16.2. The van der Waals surface area contributed by atoms with Crippen molar-refractivity contribution in [3.63, 3.8) is 0 Å². The molecule has 1 aromatic carbocycles. The lowest BCUT2D eigenvalue weighted by Crippen LogP contribution is -2.50. The van der Waals surface area contributed by atoms with Crippen molar-refractivity contribution in [3.05, 3.63) is 35.4 Å². The molecule has 3 rings (SSSR count). The SMILES string of the molecule is Cc1cccc(CN2CCN(C(=O)[C@@H]3CCNC3)CC2)c1. The fourth-order valence-electron chi connectivity index (χ4n) is 3.32. The molecule has 0 unspecified atom stereocenters. The average Bonchev–Trinajstić information content (AvgIpc) is 3.01. The van der Waals surface area contributed by atoms with Crippen LogP contribution in [0.15, 0.2) is 24.3 Å². The van der Waals surface area contributed by atoms with Gasteiger partial charge in [0.1, 0.15) is 0 Å². The van der Waals surface area contributed by atoms with Crippen LogP contribution in [0.1, 0.15) is 17.5 Å². The van der Waals surface area contributed by atoms with Crippen LogP contribution >= 0.6 is 0 Å². The van der Waals surface area contributed by atoms with Crippen LogP contribution in [0.2, 0.25) is 0 Å². The van der Waals surface area contributed by atoms with Crippen molar-refractivity contribution in [2.75, 3.05) is 39.3 Å². The molecule has 21 heavy (non-hydrogen) atoms. The number of aryl methyl sites for hydroxylation is 1. The molecular weight excluding hydrogens is 262 g/mol. The van der Waals surface area contributed by atoms with Crippen molar-refractivity contribution < 1.29 is 4.79 Å². The van der Waals surface area contributed by atoms with Crippen molar-refractivity contribution in [2.45, 2.75) is 19.9 Å². The van der Waals surface area contributed by atoms with E-state index in [0.717, 1.165) is 52.2 Å². The molecule has 0 bridgehead atoms. The third kappa shape index (κ3) is 3.63. The summed E-state index contributed by atoms with van der Waals surface area (Å²) in [5, 5.41) is 3.28. The first kappa shape index (κ1) is 14.5. The highest BCUT2D eigenvalue weighted by molar-refractivity contribution is 5.79. The Morgan fingerprint density at radius 2 is 2.10 bits per heavy atom. The Kier molecular flexibility index (Phi) is 4.56. The van der Waals surface area contributed by atoms with E-state index >= 15 is 0 Å². The monoisotopic (exact) mass is 287 g/mol. The number of piperazine rings is 1. The number of nitrogens with one attached hydrogen (secondary N) is 1. The summed E-state index contributed by atoms with van der Waals surface area (Å²) >= 11 is 0. The summed E-state index contributed by atoms with van der Waals surface area (Å²) in [4.78, 5) is 16.9. The van der Waals surface area contributed by atoms with Gasteiger partial charge < -0.3 is 10.2 Å². The number of carbonyl (C=O) groups excluding carboxylic acids is 1. The van der Waals surface area contributed by atoms with E-state index in [-0.39, 0.29) is 5.92 Å². The second kappa shape index (κ2) is 6.58. The van der Waals surface area contributed by atoms with Crippen molar-refractivity contribution >= 4 is 5.91 Å². The Hall–Kier alpha value is -1.39. The van der Waals surface area contributed by atoms with Crippen LogP contribution in [-0.4, -0.2) is 55.0 Å². The Morgan fingerprint density at radius 3 is 2.76 bits per heavy atom. The predicted octanol–water partition coefficient (Wildman–Crippen LogP) is 1.25. The van der Waals surface area contributed by atoms with Crippen molar-refractivity contribution in [1.29, 1.82) is 0 Å². The Morgan fingerprint density at radius 1 is 1.29 bits per heavy atom. The number of hydrogen-bond donors (Lipinski definition) is 1. The van der Waals surface area contributed by atoms with E-state index < -0.39 is 0 Å². The van der Waals surface area contributed by atoms with E-state index in [1.807, 2.05) is 0 Å². The van der Waals surface area contributed by atoms with Gasteiger partial charge in [-0.3, -0.25) is 9.69 Å². The maximum atomic E-state index is 12.4. The zero-order valence-electron chi connectivity index (χ0n) is 12.8. The number of carbonyl (C=O) groups is 1. The van der Waals surface area contributed by atoms with Gasteiger partial charge in [0.15, 0.2) is 0 Å². The fraction of sp³-hybridized carbons (Fsp3) is 0.588. The van der Waals surface area contributed by atoms with Gasteiger partial charge in [0.25, 0.3) is 0 Å². The molecule has 2 fully saturated rings. The molecule has 4 nitrogen and oxygen atoms in total. The van der Waals surface area contributed by atoms with Crippen LogP contribution < -0.4 is 5.32 Å². The summed E-state index contributed by atoms with van der Waals surface area (Å²) in [7, 11) is 0. The Bertz CT molecular complexity index is 489. The standard InChI is InChI=1S/C17H25N3O/c1-14-3-2-4-15(11-14)13-19-7-9-20(10-8-19)17(21)16-5-6-18-12-16/h2-4,11,16,18H,5-10,12-13H2,1H3/t16-/m1/s1. The number of benzene rings is 1. The van der Waals surface area contributed by atoms with E-state index in [4.69, 9.17) is 0 Å². The summed E-state index contributed by atoms with van der Waals surface area (Å²) in [6.45, 7) is 8.71. The molecule has 4 heteroatoms. The highest BCUT2D eigenvalue weighted by Crippen LogP contribution is 2.15.